The average molecular weight is 435 g/mol. The molecule has 2 heterocycles. The zero-order chi connectivity index (χ0) is 19.6. The number of carbonyl (C=O) groups excluding carboxylic acids is 2. The molecule has 9 nitrogen and oxygen atoms in total. The van der Waals surface area contributed by atoms with Gasteiger partial charge in [-0.05, 0) is 37.6 Å². The lowest BCUT2D eigenvalue weighted by molar-refractivity contribution is -0.116. The molecule has 10 heteroatoms. The van der Waals surface area contributed by atoms with Crippen LogP contribution in [0.25, 0.3) is 11.1 Å². The maximum atomic E-state index is 12.6. The fraction of sp³-hybridized carbons (Fsp3) is 0.235. The summed E-state index contributed by atoms with van der Waals surface area (Å²) in [6, 6.07) is 5.41. The van der Waals surface area contributed by atoms with Gasteiger partial charge in [0.15, 0.2) is 0 Å². The summed E-state index contributed by atoms with van der Waals surface area (Å²) in [6.07, 6.45) is 1.17. The molecule has 1 N–H and O–H groups in total. The van der Waals surface area contributed by atoms with Crippen LogP contribution < -0.4 is 10.9 Å². The normalized spacial score (nSPS) is 10.8. The van der Waals surface area contributed by atoms with Crippen LogP contribution in [0.4, 0.5) is 5.69 Å². The highest BCUT2D eigenvalue weighted by Gasteiger charge is 2.22. The fourth-order valence-electron chi connectivity index (χ4n) is 2.44. The number of fused-ring (bicyclic) bond motifs is 1. The number of hydrogen-bond donors (Lipinski definition) is 1. The zero-order valence-corrected chi connectivity index (χ0v) is 16.1. The van der Waals surface area contributed by atoms with E-state index in [4.69, 9.17) is 9.26 Å². The number of nitrogens with zero attached hydrogens (tertiary/aromatic N) is 3. The van der Waals surface area contributed by atoms with Crippen molar-refractivity contribution in [2.24, 2.45) is 0 Å². The van der Waals surface area contributed by atoms with Crippen molar-refractivity contribution < 1.29 is 18.8 Å². The second-order valence-corrected chi connectivity index (χ2v) is 6.53. The standard InChI is InChI=1S/C17H15BrN4O5/c1-3-26-17(25)14-13-15(27-21-14)19-8-22(16(13)24)7-12(23)20-11-5-4-10(18)6-9(11)2/h4-6,8H,3,7H2,1-2H3,(H,20,23). The second kappa shape index (κ2) is 7.70. The van der Waals surface area contributed by atoms with Crippen LogP contribution in [-0.2, 0) is 16.1 Å². The first-order chi connectivity index (χ1) is 12.9. The number of anilines is 1. The second-order valence-electron chi connectivity index (χ2n) is 5.62. The minimum atomic E-state index is -0.789. The number of esters is 1. The molecule has 0 saturated carbocycles. The van der Waals surface area contributed by atoms with Gasteiger partial charge in [0.2, 0.25) is 11.6 Å². The molecule has 0 radical (unpaired) electrons. The van der Waals surface area contributed by atoms with Gasteiger partial charge in [-0.15, -0.1) is 0 Å². The molecule has 0 bridgehead atoms. The summed E-state index contributed by atoms with van der Waals surface area (Å²) in [5.41, 5.74) is 0.517. The van der Waals surface area contributed by atoms with Crippen molar-refractivity contribution in [2.45, 2.75) is 20.4 Å². The van der Waals surface area contributed by atoms with E-state index in [9.17, 15) is 14.4 Å². The lowest BCUT2D eigenvalue weighted by Gasteiger charge is -2.09. The number of halogens is 1. The summed E-state index contributed by atoms with van der Waals surface area (Å²) in [6.45, 7) is 3.31. The van der Waals surface area contributed by atoms with E-state index in [1.807, 2.05) is 13.0 Å². The third kappa shape index (κ3) is 3.90. The Bertz CT molecular complexity index is 1090. The first-order valence-corrected chi connectivity index (χ1v) is 8.78. The van der Waals surface area contributed by atoms with E-state index < -0.39 is 17.4 Å². The molecule has 0 saturated heterocycles. The number of nitrogens with one attached hydrogen (secondary N) is 1. The highest BCUT2D eigenvalue weighted by Crippen LogP contribution is 2.20. The van der Waals surface area contributed by atoms with Gasteiger partial charge in [0.05, 0.1) is 6.61 Å². The number of benzene rings is 1. The molecule has 1 amide bonds. The molecule has 0 unspecified atom stereocenters. The Kier molecular flexibility index (Phi) is 5.36. The van der Waals surface area contributed by atoms with Crippen molar-refractivity contribution >= 4 is 44.6 Å². The molecule has 0 aliphatic carbocycles. The third-order valence-electron chi connectivity index (χ3n) is 3.71. The van der Waals surface area contributed by atoms with Gasteiger partial charge in [-0.1, -0.05) is 21.1 Å². The maximum Gasteiger partial charge on any atom is 0.361 e. The predicted molar refractivity (Wildman–Crippen MR) is 99.5 cm³/mol. The Morgan fingerprint density at radius 3 is 2.85 bits per heavy atom. The predicted octanol–water partition coefficient (Wildman–Crippen LogP) is 2.27. The van der Waals surface area contributed by atoms with Gasteiger partial charge >= 0.3 is 5.97 Å². The van der Waals surface area contributed by atoms with Crippen molar-refractivity contribution in [3.05, 3.63) is 50.6 Å². The highest BCUT2D eigenvalue weighted by molar-refractivity contribution is 9.10. The number of aromatic nitrogens is 3. The summed E-state index contributed by atoms with van der Waals surface area (Å²) < 4.78 is 11.7. The summed E-state index contributed by atoms with van der Waals surface area (Å²) in [5, 5.41) is 6.17. The molecule has 2 aromatic heterocycles. The highest BCUT2D eigenvalue weighted by atomic mass is 79.9. The first kappa shape index (κ1) is 18.8. The van der Waals surface area contributed by atoms with Gasteiger partial charge in [0, 0.05) is 10.2 Å². The zero-order valence-electron chi connectivity index (χ0n) is 14.5. The maximum absolute atomic E-state index is 12.6. The number of hydrogen-bond acceptors (Lipinski definition) is 7. The SMILES string of the molecule is CCOC(=O)c1noc2ncn(CC(=O)Nc3ccc(Br)cc3C)c(=O)c12. The van der Waals surface area contributed by atoms with E-state index in [1.165, 1.54) is 6.33 Å². The summed E-state index contributed by atoms with van der Waals surface area (Å²) in [5.74, 6) is -1.21. The average Bonchev–Trinajstić information content (AvgIpc) is 3.05. The number of amides is 1. The Morgan fingerprint density at radius 2 is 2.15 bits per heavy atom. The van der Waals surface area contributed by atoms with Crippen molar-refractivity contribution in [1.82, 2.24) is 14.7 Å². The minimum Gasteiger partial charge on any atom is -0.461 e. The van der Waals surface area contributed by atoms with E-state index in [0.717, 1.165) is 14.6 Å². The monoisotopic (exact) mass is 434 g/mol. The van der Waals surface area contributed by atoms with Crippen LogP contribution in [0, 0.1) is 6.92 Å². The Hall–Kier alpha value is -3.01. The van der Waals surface area contributed by atoms with Gasteiger partial charge in [-0.2, -0.15) is 0 Å². The fourth-order valence-corrected chi connectivity index (χ4v) is 2.92. The number of ether oxygens (including phenoxy) is 1. The molecule has 0 aliphatic heterocycles. The van der Waals surface area contributed by atoms with Crippen LogP contribution in [0.15, 0.2) is 38.3 Å². The van der Waals surface area contributed by atoms with Crippen molar-refractivity contribution in [3.8, 4) is 0 Å². The molecule has 0 atom stereocenters. The van der Waals surface area contributed by atoms with Crippen molar-refractivity contribution in [2.75, 3.05) is 11.9 Å². The Balaban J connectivity index is 1.87. The van der Waals surface area contributed by atoms with Crippen molar-refractivity contribution in [1.29, 1.82) is 0 Å². The minimum absolute atomic E-state index is 0.0940. The molecule has 0 fully saturated rings. The van der Waals surface area contributed by atoms with Crippen LogP contribution >= 0.6 is 15.9 Å². The molecule has 140 valence electrons. The molecular formula is C17H15BrN4O5. The van der Waals surface area contributed by atoms with E-state index in [2.05, 4.69) is 31.4 Å². The van der Waals surface area contributed by atoms with E-state index in [1.54, 1.807) is 19.1 Å². The molecule has 3 aromatic rings. The van der Waals surface area contributed by atoms with Crippen LogP contribution in [0.2, 0.25) is 0 Å². The number of rotatable bonds is 5. The largest absolute Gasteiger partial charge is 0.461 e. The first-order valence-electron chi connectivity index (χ1n) is 7.98. The van der Waals surface area contributed by atoms with E-state index in [-0.39, 0.29) is 29.9 Å². The lowest BCUT2D eigenvalue weighted by Crippen LogP contribution is -2.28. The molecular weight excluding hydrogens is 420 g/mol. The van der Waals surface area contributed by atoms with Gasteiger partial charge in [-0.25, -0.2) is 9.78 Å². The van der Waals surface area contributed by atoms with Crippen LogP contribution in [0.1, 0.15) is 23.0 Å². The molecule has 3 rings (SSSR count). The number of carbonyl (C=O) groups is 2. The van der Waals surface area contributed by atoms with Gasteiger partial charge in [0.1, 0.15) is 18.3 Å². The topological polar surface area (TPSA) is 116 Å². The molecule has 1 aromatic carbocycles. The Morgan fingerprint density at radius 1 is 1.37 bits per heavy atom. The smallest absolute Gasteiger partial charge is 0.361 e. The summed E-state index contributed by atoms with van der Waals surface area (Å²) in [7, 11) is 0. The quantitative estimate of drug-likeness (QED) is 0.611. The summed E-state index contributed by atoms with van der Waals surface area (Å²) >= 11 is 3.36. The number of aryl methyl sites for hydroxylation is 1. The van der Waals surface area contributed by atoms with E-state index >= 15 is 0 Å². The summed E-state index contributed by atoms with van der Waals surface area (Å²) in [4.78, 5) is 40.8. The van der Waals surface area contributed by atoms with E-state index in [0.29, 0.717) is 5.69 Å². The molecule has 0 spiro atoms. The lowest BCUT2D eigenvalue weighted by atomic mass is 10.2. The molecule has 0 aliphatic rings. The van der Waals surface area contributed by atoms with Crippen molar-refractivity contribution in [3.63, 3.8) is 0 Å². The third-order valence-corrected chi connectivity index (χ3v) is 4.20. The van der Waals surface area contributed by atoms with Crippen LogP contribution in [-0.4, -0.2) is 33.2 Å². The van der Waals surface area contributed by atoms with Gasteiger partial charge in [-0.3, -0.25) is 14.2 Å². The van der Waals surface area contributed by atoms with Crippen LogP contribution in [0.3, 0.4) is 0 Å². The van der Waals surface area contributed by atoms with Gasteiger partial charge in [0.25, 0.3) is 11.3 Å². The van der Waals surface area contributed by atoms with Crippen LogP contribution in [0.5, 0.6) is 0 Å². The Labute approximate surface area is 161 Å². The van der Waals surface area contributed by atoms with Gasteiger partial charge < -0.3 is 14.6 Å². The molecule has 27 heavy (non-hydrogen) atoms.